The highest BCUT2D eigenvalue weighted by atomic mass is 16.5. The van der Waals surface area contributed by atoms with Crippen LogP contribution in [0.15, 0.2) is 60.2 Å². The number of hydrogen-bond acceptors (Lipinski definition) is 5. The van der Waals surface area contributed by atoms with E-state index in [2.05, 4.69) is 10.6 Å². The molecule has 2 aromatic carbocycles. The van der Waals surface area contributed by atoms with Crippen LogP contribution in [0.2, 0.25) is 0 Å². The molecular formula is C21H20N2O6. The van der Waals surface area contributed by atoms with Crippen LogP contribution in [-0.4, -0.2) is 35.5 Å². The van der Waals surface area contributed by atoms with Crippen molar-refractivity contribution in [2.45, 2.75) is 13.8 Å². The van der Waals surface area contributed by atoms with E-state index in [9.17, 15) is 19.2 Å². The van der Waals surface area contributed by atoms with E-state index < -0.39 is 30.4 Å². The number of aliphatic carboxylic acids is 1. The van der Waals surface area contributed by atoms with E-state index in [-0.39, 0.29) is 11.1 Å². The molecular weight excluding hydrogens is 376 g/mol. The van der Waals surface area contributed by atoms with Crippen LogP contribution < -0.4 is 10.6 Å². The van der Waals surface area contributed by atoms with Gasteiger partial charge in [0.1, 0.15) is 0 Å². The number of esters is 1. The Morgan fingerprint density at radius 1 is 1.00 bits per heavy atom. The third-order valence-corrected chi connectivity index (χ3v) is 3.83. The topological polar surface area (TPSA) is 122 Å². The maximum absolute atomic E-state index is 12.1. The molecule has 0 atom stereocenters. The van der Waals surface area contributed by atoms with E-state index >= 15 is 0 Å². The number of hydrogen-bond donors (Lipinski definition) is 3. The quantitative estimate of drug-likeness (QED) is 0.489. The van der Waals surface area contributed by atoms with Gasteiger partial charge in [0.05, 0.1) is 5.56 Å². The van der Waals surface area contributed by atoms with Crippen molar-refractivity contribution in [2.24, 2.45) is 0 Å². The lowest BCUT2D eigenvalue weighted by atomic mass is 10.2. The molecule has 0 heterocycles. The first kappa shape index (κ1) is 21.4. The number of carboxylic acids is 1. The van der Waals surface area contributed by atoms with E-state index in [4.69, 9.17) is 9.84 Å². The largest absolute Gasteiger partial charge is 0.478 e. The lowest BCUT2D eigenvalue weighted by molar-refractivity contribution is -0.132. The third kappa shape index (κ3) is 6.62. The molecule has 2 aromatic rings. The van der Waals surface area contributed by atoms with Crippen LogP contribution in [0.1, 0.15) is 22.8 Å². The maximum atomic E-state index is 12.1. The van der Waals surface area contributed by atoms with Crippen molar-refractivity contribution >= 4 is 35.1 Å². The third-order valence-electron chi connectivity index (χ3n) is 3.83. The summed E-state index contributed by atoms with van der Waals surface area (Å²) >= 11 is 0. The summed E-state index contributed by atoms with van der Waals surface area (Å²) in [6.07, 6.45) is 0.956. The number of carbonyl (C=O) groups is 4. The molecule has 0 aliphatic carbocycles. The second kappa shape index (κ2) is 9.84. The molecule has 2 amide bonds. The average Bonchev–Trinajstić information content (AvgIpc) is 2.68. The summed E-state index contributed by atoms with van der Waals surface area (Å²) in [5.41, 5.74) is 1.99. The van der Waals surface area contributed by atoms with Crippen molar-refractivity contribution in [3.8, 4) is 0 Å². The predicted molar refractivity (Wildman–Crippen MR) is 107 cm³/mol. The van der Waals surface area contributed by atoms with Crippen LogP contribution in [-0.2, 0) is 19.1 Å². The number of carbonyl (C=O) groups excluding carboxylic acids is 3. The smallest absolute Gasteiger partial charge is 0.338 e. The van der Waals surface area contributed by atoms with Gasteiger partial charge < -0.3 is 20.5 Å². The molecule has 0 spiro atoms. The van der Waals surface area contributed by atoms with Crippen LogP contribution in [0, 0.1) is 6.92 Å². The highest BCUT2D eigenvalue weighted by Crippen LogP contribution is 2.13. The number of para-hydroxylation sites is 1. The fourth-order valence-electron chi connectivity index (χ4n) is 2.24. The Kier molecular flexibility index (Phi) is 7.25. The number of anilines is 2. The van der Waals surface area contributed by atoms with Crippen molar-refractivity contribution in [2.75, 3.05) is 17.2 Å². The molecule has 0 bridgehead atoms. The zero-order chi connectivity index (χ0) is 21.4. The van der Waals surface area contributed by atoms with E-state index in [1.54, 1.807) is 12.1 Å². The van der Waals surface area contributed by atoms with Gasteiger partial charge in [0.2, 0.25) is 5.91 Å². The average molecular weight is 396 g/mol. The van der Waals surface area contributed by atoms with Crippen LogP contribution >= 0.6 is 0 Å². The molecule has 0 aromatic heterocycles. The van der Waals surface area contributed by atoms with Gasteiger partial charge >= 0.3 is 11.9 Å². The Balaban J connectivity index is 1.88. The number of ether oxygens (including phenoxy) is 1. The van der Waals surface area contributed by atoms with E-state index in [0.29, 0.717) is 11.4 Å². The van der Waals surface area contributed by atoms with Crippen LogP contribution in [0.5, 0.6) is 0 Å². The number of rotatable bonds is 7. The molecule has 8 nitrogen and oxygen atoms in total. The van der Waals surface area contributed by atoms with Crippen molar-refractivity contribution in [1.82, 2.24) is 0 Å². The van der Waals surface area contributed by atoms with E-state index in [1.165, 1.54) is 31.2 Å². The normalized spacial score (nSPS) is 10.8. The highest BCUT2D eigenvalue weighted by molar-refractivity contribution is 6.04. The zero-order valence-electron chi connectivity index (χ0n) is 15.9. The molecule has 0 fully saturated rings. The van der Waals surface area contributed by atoms with E-state index in [0.717, 1.165) is 11.6 Å². The Hall–Kier alpha value is -3.94. The molecule has 150 valence electrons. The van der Waals surface area contributed by atoms with Gasteiger partial charge in [-0.1, -0.05) is 18.2 Å². The van der Waals surface area contributed by atoms with Crippen molar-refractivity contribution < 1.29 is 29.0 Å². The summed E-state index contributed by atoms with van der Waals surface area (Å²) in [5.74, 6) is -2.95. The zero-order valence-corrected chi connectivity index (χ0v) is 15.9. The Morgan fingerprint density at radius 3 is 2.28 bits per heavy atom. The van der Waals surface area contributed by atoms with Gasteiger partial charge in [0, 0.05) is 23.0 Å². The Morgan fingerprint density at radius 2 is 1.66 bits per heavy atom. The summed E-state index contributed by atoms with van der Waals surface area (Å²) in [6, 6.07) is 13.0. The van der Waals surface area contributed by atoms with Gasteiger partial charge in [-0.25, -0.2) is 9.59 Å². The number of carboxylic acid groups (broad SMARTS) is 1. The molecule has 0 aliphatic heterocycles. The predicted octanol–water partition coefficient (Wildman–Crippen LogP) is 2.76. The van der Waals surface area contributed by atoms with Crippen LogP contribution in [0.25, 0.3) is 0 Å². The standard InChI is InChI=1S/C21H20N2O6/c1-13-5-3-4-6-17(13)23-19(25)12-29-21(28)15-7-9-16(10-8-15)22-18(24)11-14(2)20(26)27/h3-11H,12H2,1-2H3,(H,22,24)(H,23,25)(H,26,27)/b14-11+. The molecule has 3 N–H and O–H groups in total. The summed E-state index contributed by atoms with van der Waals surface area (Å²) in [7, 11) is 0. The number of amides is 2. The monoisotopic (exact) mass is 396 g/mol. The molecule has 2 rings (SSSR count). The Labute approximate surface area is 167 Å². The lowest BCUT2D eigenvalue weighted by Gasteiger charge is -2.09. The molecule has 0 saturated carbocycles. The Bertz CT molecular complexity index is 963. The van der Waals surface area contributed by atoms with Gasteiger partial charge in [-0.15, -0.1) is 0 Å². The maximum Gasteiger partial charge on any atom is 0.338 e. The summed E-state index contributed by atoms with van der Waals surface area (Å²) < 4.78 is 4.99. The fourth-order valence-corrected chi connectivity index (χ4v) is 2.24. The summed E-state index contributed by atoms with van der Waals surface area (Å²) in [4.78, 5) is 46.4. The minimum absolute atomic E-state index is 0.105. The second-order valence-electron chi connectivity index (χ2n) is 6.14. The van der Waals surface area contributed by atoms with Gasteiger partial charge in [-0.05, 0) is 49.7 Å². The number of benzene rings is 2. The first-order valence-electron chi connectivity index (χ1n) is 8.61. The summed E-state index contributed by atoms with van der Waals surface area (Å²) in [5, 5.41) is 13.9. The second-order valence-corrected chi connectivity index (χ2v) is 6.14. The minimum Gasteiger partial charge on any atom is -0.478 e. The van der Waals surface area contributed by atoms with Gasteiger partial charge in [-0.3, -0.25) is 9.59 Å². The number of aryl methyl sites for hydroxylation is 1. The molecule has 0 aliphatic rings. The van der Waals surface area contributed by atoms with Gasteiger partial charge in [0.25, 0.3) is 5.91 Å². The van der Waals surface area contributed by atoms with Crippen molar-refractivity contribution in [1.29, 1.82) is 0 Å². The lowest BCUT2D eigenvalue weighted by Crippen LogP contribution is -2.21. The van der Waals surface area contributed by atoms with Crippen molar-refractivity contribution in [3.05, 3.63) is 71.3 Å². The SMILES string of the molecule is C/C(=C\C(=O)Nc1ccc(C(=O)OCC(=O)Nc2ccccc2C)cc1)C(=O)O. The fraction of sp³-hybridized carbons (Fsp3) is 0.143. The molecule has 0 radical (unpaired) electrons. The van der Waals surface area contributed by atoms with E-state index in [1.807, 2.05) is 19.1 Å². The minimum atomic E-state index is -1.19. The molecule has 0 unspecified atom stereocenters. The molecule has 8 heteroatoms. The van der Waals surface area contributed by atoms with Crippen LogP contribution in [0.3, 0.4) is 0 Å². The van der Waals surface area contributed by atoms with Crippen molar-refractivity contribution in [3.63, 3.8) is 0 Å². The van der Waals surface area contributed by atoms with Gasteiger partial charge in [0.15, 0.2) is 6.61 Å². The molecule has 0 saturated heterocycles. The first-order valence-corrected chi connectivity index (χ1v) is 8.61. The summed E-state index contributed by atoms with van der Waals surface area (Å²) in [6.45, 7) is 2.71. The van der Waals surface area contributed by atoms with Gasteiger partial charge in [-0.2, -0.15) is 0 Å². The number of nitrogens with one attached hydrogen (secondary N) is 2. The van der Waals surface area contributed by atoms with Crippen LogP contribution in [0.4, 0.5) is 11.4 Å². The molecule has 29 heavy (non-hydrogen) atoms. The highest BCUT2D eigenvalue weighted by Gasteiger charge is 2.12. The first-order chi connectivity index (χ1) is 13.8.